The van der Waals surface area contributed by atoms with Crippen molar-refractivity contribution in [2.75, 3.05) is 25.1 Å². The molecule has 164 valence electrons. The highest BCUT2D eigenvalue weighted by Gasteiger charge is 2.27. The maximum atomic E-state index is 13.2. The Morgan fingerprint density at radius 1 is 1.19 bits per heavy atom. The fourth-order valence-electron chi connectivity index (χ4n) is 3.69. The van der Waals surface area contributed by atoms with E-state index in [9.17, 15) is 9.18 Å². The van der Waals surface area contributed by atoms with Gasteiger partial charge >= 0.3 is 0 Å². The van der Waals surface area contributed by atoms with Crippen molar-refractivity contribution in [3.63, 3.8) is 0 Å². The maximum absolute atomic E-state index is 13.2. The monoisotopic (exact) mass is 452 g/mol. The minimum atomic E-state index is -0.376. The Balaban J connectivity index is 1.55. The summed E-state index contributed by atoms with van der Waals surface area (Å²) >= 11 is 6.17. The molecule has 0 aliphatic carbocycles. The lowest BCUT2D eigenvalue weighted by Gasteiger charge is -2.22. The molecule has 3 aromatic rings. The third-order valence-electron chi connectivity index (χ3n) is 5.27. The third-order valence-corrected chi connectivity index (χ3v) is 5.56. The van der Waals surface area contributed by atoms with Crippen molar-refractivity contribution < 1.29 is 18.7 Å². The molecule has 0 spiro atoms. The standard InChI is InChI=1S/C25H22ClFN2O3/c1-31-14-11-18-15-19(24(30)17-4-7-20(27)8-5-17)6-9-23(18)29-13-10-21(16-29)32-25-22(26)3-2-12-28-25/h2-9,11-12,14-15,21H,10,13,16H2,1H3/b14-11-. The molecule has 2 aromatic carbocycles. The number of rotatable bonds is 7. The molecule has 1 aliphatic heterocycles. The molecule has 5 nitrogen and oxygen atoms in total. The Bertz CT molecular complexity index is 1130. The van der Waals surface area contributed by atoms with Gasteiger partial charge in [-0.1, -0.05) is 11.6 Å². The summed E-state index contributed by atoms with van der Waals surface area (Å²) in [6, 6.07) is 14.6. The lowest BCUT2D eigenvalue weighted by Crippen LogP contribution is -2.25. The van der Waals surface area contributed by atoms with Crippen LogP contribution in [0.25, 0.3) is 6.08 Å². The summed E-state index contributed by atoms with van der Waals surface area (Å²) in [5, 5.41) is 0.485. The van der Waals surface area contributed by atoms with Crippen molar-refractivity contribution in [3.8, 4) is 5.88 Å². The van der Waals surface area contributed by atoms with Gasteiger partial charge in [0.15, 0.2) is 5.78 Å². The predicted molar refractivity (Wildman–Crippen MR) is 123 cm³/mol. The molecule has 2 heterocycles. The molecule has 0 N–H and O–H groups in total. The first-order valence-electron chi connectivity index (χ1n) is 10.2. The molecule has 1 aliphatic rings. The van der Waals surface area contributed by atoms with Crippen molar-refractivity contribution in [1.29, 1.82) is 0 Å². The van der Waals surface area contributed by atoms with Gasteiger partial charge in [-0.2, -0.15) is 0 Å². The van der Waals surface area contributed by atoms with E-state index in [-0.39, 0.29) is 17.7 Å². The second-order valence-corrected chi connectivity index (χ2v) is 7.82. The van der Waals surface area contributed by atoms with E-state index < -0.39 is 0 Å². The number of carbonyl (C=O) groups is 1. The Kier molecular flexibility index (Phi) is 6.71. The summed E-state index contributed by atoms with van der Waals surface area (Å²) in [7, 11) is 1.57. The van der Waals surface area contributed by atoms with Crippen molar-refractivity contribution in [1.82, 2.24) is 4.98 Å². The van der Waals surface area contributed by atoms with Gasteiger partial charge in [-0.15, -0.1) is 0 Å². The van der Waals surface area contributed by atoms with E-state index in [1.54, 1.807) is 37.8 Å². The van der Waals surface area contributed by atoms with Crippen molar-refractivity contribution in [2.45, 2.75) is 12.5 Å². The van der Waals surface area contributed by atoms with Crippen molar-refractivity contribution in [3.05, 3.63) is 94.6 Å². The summed E-state index contributed by atoms with van der Waals surface area (Å²) in [6.07, 6.45) is 5.81. The molecular weight excluding hydrogens is 431 g/mol. The van der Waals surface area contributed by atoms with Crippen LogP contribution in [-0.4, -0.2) is 37.1 Å². The number of hydrogen-bond acceptors (Lipinski definition) is 5. The van der Waals surface area contributed by atoms with Gasteiger partial charge in [0.2, 0.25) is 5.88 Å². The van der Waals surface area contributed by atoms with Crippen LogP contribution in [-0.2, 0) is 4.74 Å². The normalized spacial score (nSPS) is 15.8. The van der Waals surface area contributed by atoms with E-state index >= 15 is 0 Å². The van der Waals surface area contributed by atoms with Gasteiger partial charge < -0.3 is 14.4 Å². The van der Waals surface area contributed by atoms with Crippen LogP contribution in [0.1, 0.15) is 27.9 Å². The van der Waals surface area contributed by atoms with Crippen LogP contribution in [0.4, 0.5) is 10.1 Å². The second-order valence-electron chi connectivity index (χ2n) is 7.41. The van der Waals surface area contributed by atoms with Crippen LogP contribution < -0.4 is 9.64 Å². The summed E-state index contributed by atoms with van der Waals surface area (Å²) in [6.45, 7) is 1.44. The summed E-state index contributed by atoms with van der Waals surface area (Å²) in [4.78, 5) is 19.3. The molecular formula is C25H22ClFN2O3. The van der Waals surface area contributed by atoms with Gasteiger partial charge in [0.1, 0.15) is 16.9 Å². The molecule has 0 amide bonds. The van der Waals surface area contributed by atoms with E-state index in [2.05, 4.69) is 9.88 Å². The molecule has 1 fully saturated rings. The van der Waals surface area contributed by atoms with Crippen LogP contribution in [0.5, 0.6) is 5.88 Å². The number of methoxy groups -OCH3 is 1. The summed E-state index contributed by atoms with van der Waals surface area (Å²) in [5.41, 5.74) is 2.76. The van der Waals surface area contributed by atoms with Gasteiger partial charge in [-0.3, -0.25) is 4.79 Å². The topological polar surface area (TPSA) is 51.7 Å². The van der Waals surface area contributed by atoms with Crippen LogP contribution in [0.15, 0.2) is 67.1 Å². The van der Waals surface area contributed by atoms with E-state index in [4.69, 9.17) is 21.1 Å². The number of hydrogen-bond donors (Lipinski definition) is 0. The predicted octanol–water partition coefficient (Wildman–Crippen LogP) is 5.38. The average molecular weight is 453 g/mol. The molecule has 0 bridgehead atoms. The molecule has 1 aromatic heterocycles. The fraction of sp³-hybridized carbons (Fsp3) is 0.200. The second kappa shape index (κ2) is 9.83. The number of aromatic nitrogens is 1. The number of carbonyl (C=O) groups excluding carboxylic acids is 1. The molecule has 32 heavy (non-hydrogen) atoms. The molecule has 0 saturated carbocycles. The smallest absolute Gasteiger partial charge is 0.232 e. The minimum absolute atomic E-state index is 0.0535. The Hall–Kier alpha value is -3.38. The zero-order valence-corrected chi connectivity index (χ0v) is 18.3. The number of ketones is 1. The van der Waals surface area contributed by atoms with Crippen LogP contribution >= 0.6 is 11.6 Å². The van der Waals surface area contributed by atoms with Crippen LogP contribution in [0.2, 0.25) is 5.02 Å². The van der Waals surface area contributed by atoms with Crippen LogP contribution in [0.3, 0.4) is 0 Å². The number of benzene rings is 2. The number of pyridine rings is 1. The van der Waals surface area contributed by atoms with E-state index in [0.29, 0.717) is 28.6 Å². The van der Waals surface area contributed by atoms with Gasteiger partial charge in [0.25, 0.3) is 0 Å². The quantitative estimate of drug-likeness (QED) is 0.356. The Labute approximate surface area is 191 Å². The highest BCUT2D eigenvalue weighted by atomic mass is 35.5. The van der Waals surface area contributed by atoms with Crippen molar-refractivity contribution >= 4 is 29.1 Å². The summed E-state index contributed by atoms with van der Waals surface area (Å²) in [5.74, 6) is -0.116. The first kappa shape index (κ1) is 21.8. The number of ether oxygens (including phenoxy) is 2. The van der Waals surface area contributed by atoms with Gasteiger partial charge in [-0.05, 0) is 60.7 Å². The van der Waals surface area contributed by atoms with E-state index in [1.165, 1.54) is 24.3 Å². The highest BCUT2D eigenvalue weighted by Crippen LogP contribution is 2.30. The SMILES string of the molecule is CO/C=C\c1cc(C(=O)c2ccc(F)cc2)ccc1N1CCC(Oc2ncccc2Cl)C1. The lowest BCUT2D eigenvalue weighted by molar-refractivity contribution is 0.103. The maximum Gasteiger partial charge on any atom is 0.232 e. The van der Waals surface area contributed by atoms with Crippen molar-refractivity contribution in [2.24, 2.45) is 0 Å². The highest BCUT2D eigenvalue weighted by molar-refractivity contribution is 6.31. The molecule has 1 unspecified atom stereocenters. The number of anilines is 1. The molecule has 1 atom stereocenters. The zero-order valence-electron chi connectivity index (χ0n) is 17.5. The average Bonchev–Trinajstić information content (AvgIpc) is 3.27. The lowest BCUT2D eigenvalue weighted by atomic mass is 10.00. The summed E-state index contributed by atoms with van der Waals surface area (Å²) < 4.78 is 24.3. The van der Waals surface area contributed by atoms with E-state index in [0.717, 1.165) is 24.2 Å². The van der Waals surface area contributed by atoms with Gasteiger partial charge in [0, 0.05) is 41.5 Å². The van der Waals surface area contributed by atoms with Gasteiger partial charge in [-0.25, -0.2) is 9.37 Å². The molecule has 0 radical (unpaired) electrons. The first-order valence-corrected chi connectivity index (χ1v) is 10.6. The van der Waals surface area contributed by atoms with Crippen LogP contribution in [0, 0.1) is 5.82 Å². The van der Waals surface area contributed by atoms with Gasteiger partial charge in [0.05, 0.1) is 19.9 Å². The number of halogens is 2. The molecule has 7 heteroatoms. The molecule has 1 saturated heterocycles. The zero-order chi connectivity index (χ0) is 22.5. The first-order chi connectivity index (χ1) is 15.5. The third kappa shape index (κ3) is 4.92. The van der Waals surface area contributed by atoms with E-state index in [1.807, 2.05) is 18.2 Å². The Morgan fingerprint density at radius 3 is 2.72 bits per heavy atom. The minimum Gasteiger partial charge on any atom is -0.504 e. The number of nitrogens with zero attached hydrogens (tertiary/aromatic N) is 2. The fourth-order valence-corrected chi connectivity index (χ4v) is 3.85. The molecule has 4 rings (SSSR count). The largest absolute Gasteiger partial charge is 0.504 e. The Morgan fingerprint density at radius 2 is 1.97 bits per heavy atom.